The van der Waals surface area contributed by atoms with E-state index in [-0.39, 0.29) is 24.5 Å². The van der Waals surface area contributed by atoms with E-state index in [9.17, 15) is 14.7 Å². The summed E-state index contributed by atoms with van der Waals surface area (Å²) >= 11 is 0. The molecule has 0 bridgehead atoms. The van der Waals surface area contributed by atoms with Gasteiger partial charge in [0.05, 0.1) is 18.1 Å². The topological polar surface area (TPSA) is 87.7 Å². The number of carbonyl (C=O) groups excluding carboxylic acids is 1. The van der Waals surface area contributed by atoms with Gasteiger partial charge in [-0.2, -0.15) is 0 Å². The lowest BCUT2D eigenvalue weighted by Gasteiger charge is -2.26. The third-order valence-electron chi connectivity index (χ3n) is 4.07. The molecule has 0 radical (unpaired) electrons. The molecule has 3 N–H and O–H groups in total. The van der Waals surface area contributed by atoms with Crippen molar-refractivity contribution < 1.29 is 19.4 Å². The lowest BCUT2D eigenvalue weighted by molar-refractivity contribution is -0.148. The van der Waals surface area contributed by atoms with Crippen LogP contribution in [0.1, 0.15) is 39.5 Å². The summed E-state index contributed by atoms with van der Waals surface area (Å²) in [5, 5.41) is 14.9. The van der Waals surface area contributed by atoms with Crippen molar-refractivity contribution >= 4 is 12.0 Å². The van der Waals surface area contributed by atoms with Crippen LogP contribution in [-0.4, -0.2) is 43.4 Å². The van der Waals surface area contributed by atoms with Gasteiger partial charge in [-0.25, -0.2) is 4.79 Å². The van der Waals surface area contributed by atoms with Crippen LogP contribution in [0.25, 0.3) is 0 Å². The minimum Gasteiger partial charge on any atom is -0.481 e. The normalized spacial score (nSPS) is 18.8. The van der Waals surface area contributed by atoms with Gasteiger partial charge >= 0.3 is 12.0 Å². The molecular formula is C14H26N2O4. The molecule has 0 aliphatic heterocycles. The first-order valence-corrected chi connectivity index (χ1v) is 7.18. The Bertz CT molecular complexity index is 338. The second-order valence-corrected chi connectivity index (χ2v) is 5.93. The fraction of sp³-hybridized carbons (Fsp3) is 0.857. The Hall–Kier alpha value is -1.30. The van der Waals surface area contributed by atoms with Crippen LogP contribution in [0.4, 0.5) is 4.79 Å². The van der Waals surface area contributed by atoms with Gasteiger partial charge < -0.3 is 20.5 Å². The van der Waals surface area contributed by atoms with Crippen LogP contribution in [-0.2, 0) is 9.53 Å². The molecular weight excluding hydrogens is 260 g/mol. The second kappa shape index (κ2) is 7.47. The number of aliphatic carboxylic acids is 1. The van der Waals surface area contributed by atoms with E-state index >= 15 is 0 Å². The predicted molar refractivity (Wildman–Crippen MR) is 75.6 cm³/mol. The van der Waals surface area contributed by atoms with Gasteiger partial charge in [-0.15, -0.1) is 0 Å². The highest BCUT2D eigenvalue weighted by molar-refractivity contribution is 5.78. The van der Waals surface area contributed by atoms with Crippen molar-refractivity contribution in [2.24, 2.45) is 11.3 Å². The number of urea groups is 1. The molecule has 1 saturated carbocycles. The first-order valence-electron chi connectivity index (χ1n) is 7.18. The van der Waals surface area contributed by atoms with Crippen LogP contribution in [0.5, 0.6) is 0 Å². The fourth-order valence-electron chi connectivity index (χ4n) is 2.57. The number of hydrogen-bond acceptors (Lipinski definition) is 3. The predicted octanol–water partition coefficient (Wildman–Crippen LogP) is 1.60. The van der Waals surface area contributed by atoms with Gasteiger partial charge in [-0.1, -0.05) is 26.7 Å². The zero-order valence-corrected chi connectivity index (χ0v) is 12.6. The average Bonchev–Trinajstić information content (AvgIpc) is 2.86. The zero-order valence-electron chi connectivity index (χ0n) is 12.6. The Morgan fingerprint density at radius 2 is 1.90 bits per heavy atom. The third-order valence-corrected chi connectivity index (χ3v) is 4.07. The first kappa shape index (κ1) is 16.8. The first-order chi connectivity index (χ1) is 9.41. The van der Waals surface area contributed by atoms with Crippen LogP contribution in [0, 0.1) is 11.3 Å². The van der Waals surface area contributed by atoms with Crippen LogP contribution in [0.15, 0.2) is 0 Å². The third kappa shape index (κ3) is 4.37. The molecule has 2 amide bonds. The van der Waals surface area contributed by atoms with Gasteiger partial charge in [-0.05, 0) is 18.8 Å². The van der Waals surface area contributed by atoms with Crippen molar-refractivity contribution in [1.82, 2.24) is 10.6 Å². The molecule has 1 aliphatic rings. The van der Waals surface area contributed by atoms with E-state index in [0.29, 0.717) is 19.4 Å². The highest BCUT2D eigenvalue weighted by Crippen LogP contribution is 2.37. The van der Waals surface area contributed by atoms with E-state index in [2.05, 4.69) is 10.6 Å². The lowest BCUT2D eigenvalue weighted by Crippen LogP contribution is -2.50. The summed E-state index contributed by atoms with van der Waals surface area (Å²) < 4.78 is 5.07. The maximum Gasteiger partial charge on any atom is 0.315 e. The summed E-state index contributed by atoms with van der Waals surface area (Å²) in [6, 6.07) is -0.405. The number of carboxylic acids is 1. The van der Waals surface area contributed by atoms with Gasteiger partial charge in [0.25, 0.3) is 0 Å². The van der Waals surface area contributed by atoms with Gasteiger partial charge in [-0.3, -0.25) is 4.79 Å². The second-order valence-electron chi connectivity index (χ2n) is 5.93. The molecule has 0 aromatic carbocycles. The molecule has 6 heteroatoms. The standard InChI is InChI=1S/C14H26N2O4/c1-10(2)11(8-20-3)16-13(19)15-9-14(12(17)18)6-4-5-7-14/h10-11H,4-9H2,1-3H3,(H,17,18)(H2,15,16,19). The number of ether oxygens (including phenoxy) is 1. The monoisotopic (exact) mass is 286 g/mol. The van der Waals surface area contributed by atoms with Crippen molar-refractivity contribution in [2.45, 2.75) is 45.6 Å². The molecule has 6 nitrogen and oxygen atoms in total. The zero-order chi connectivity index (χ0) is 15.2. The van der Waals surface area contributed by atoms with Crippen LogP contribution < -0.4 is 10.6 Å². The smallest absolute Gasteiger partial charge is 0.315 e. The van der Waals surface area contributed by atoms with Gasteiger partial charge in [0.1, 0.15) is 0 Å². The maximum atomic E-state index is 11.9. The highest BCUT2D eigenvalue weighted by atomic mass is 16.5. The number of carboxylic acid groups (broad SMARTS) is 1. The fourth-order valence-corrected chi connectivity index (χ4v) is 2.57. The van der Waals surface area contributed by atoms with Crippen molar-refractivity contribution in [3.05, 3.63) is 0 Å². The number of hydrogen-bond donors (Lipinski definition) is 3. The van der Waals surface area contributed by atoms with Gasteiger partial charge in [0, 0.05) is 13.7 Å². The molecule has 116 valence electrons. The molecule has 1 unspecified atom stereocenters. The van der Waals surface area contributed by atoms with E-state index < -0.39 is 11.4 Å². The van der Waals surface area contributed by atoms with E-state index in [4.69, 9.17) is 4.74 Å². The SMILES string of the molecule is COCC(NC(=O)NCC1(C(=O)O)CCCC1)C(C)C. The minimum absolute atomic E-state index is 0.0793. The van der Waals surface area contributed by atoms with Crippen LogP contribution >= 0.6 is 0 Å². The van der Waals surface area contributed by atoms with E-state index in [1.807, 2.05) is 13.8 Å². The van der Waals surface area contributed by atoms with Crippen molar-refractivity contribution in [3.63, 3.8) is 0 Å². The molecule has 0 saturated heterocycles. The summed E-state index contributed by atoms with van der Waals surface area (Å²) in [4.78, 5) is 23.3. The van der Waals surface area contributed by atoms with Crippen molar-refractivity contribution in [3.8, 4) is 0 Å². The lowest BCUT2D eigenvalue weighted by atomic mass is 9.86. The molecule has 0 spiro atoms. The van der Waals surface area contributed by atoms with Crippen LogP contribution in [0.3, 0.4) is 0 Å². The molecule has 1 rings (SSSR count). The quantitative estimate of drug-likeness (QED) is 0.663. The molecule has 0 aromatic rings. The summed E-state index contributed by atoms with van der Waals surface area (Å²) in [6.07, 6.45) is 3.09. The number of nitrogens with one attached hydrogen (secondary N) is 2. The summed E-state index contributed by atoms with van der Waals surface area (Å²) in [6.45, 7) is 4.63. The summed E-state index contributed by atoms with van der Waals surface area (Å²) in [7, 11) is 1.59. The van der Waals surface area contributed by atoms with E-state index in [0.717, 1.165) is 12.8 Å². The van der Waals surface area contributed by atoms with Crippen molar-refractivity contribution in [1.29, 1.82) is 0 Å². The molecule has 0 heterocycles. The van der Waals surface area contributed by atoms with Gasteiger partial charge in [0.15, 0.2) is 0 Å². The Morgan fingerprint density at radius 3 is 2.35 bits per heavy atom. The largest absolute Gasteiger partial charge is 0.481 e. The minimum atomic E-state index is -0.812. The van der Waals surface area contributed by atoms with Crippen molar-refractivity contribution in [2.75, 3.05) is 20.3 Å². The Kier molecular flexibility index (Phi) is 6.26. The summed E-state index contributed by atoms with van der Waals surface area (Å²) in [5.41, 5.74) is -0.786. The van der Waals surface area contributed by atoms with E-state index in [1.54, 1.807) is 7.11 Å². The van der Waals surface area contributed by atoms with Crippen LogP contribution in [0.2, 0.25) is 0 Å². The molecule has 0 aromatic heterocycles. The maximum absolute atomic E-state index is 11.9. The van der Waals surface area contributed by atoms with E-state index in [1.165, 1.54) is 0 Å². The average molecular weight is 286 g/mol. The summed E-state index contributed by atoms with van der Waals surface area (Å²) in [5.74, 6) is -0.562. The Balaban J connectivity index is 2.47. The molecule has 1 fully saturated rings. The number of rotatable bonds is 7. The number of carbonyl (C=O) groups is 2. The Labute approximate surface area is 120 Å². The Morgan fingerprint density at radius 1 is 1.30 bits per heavy atom. The highest BCUT2D eigenvalue weighted by Gasteiger charge is 2.41. The molecule has 1 aliphatic carbocycles. The van der Waals surface area contributed by atoms with Gasteiger partial charge in [0.2, 0.25) is 0 Å². The molecule has 1 atom stereocenters. The number of amides is 2. The number of methoxy groups -OCH3 is 1. The molecule has 20 heavy (non-hydrogen) atoms.